The quantitative estimate of drug-likeness (QED) is 0.256. The Morgan fingerprint density at radius 2 is 1.87 bits per heavy atom. The number of rotatable bonds is 9. The first kappa shape index (κ1) is 27.6. The highest BCUT2D eigenvalue weighted by atomic mass is 16.5. The summed E-state index contributed by atoms with van der Waals surface area (Å²) in [5, 5.41) is 20.2. The molecule has 1 aromatic carbocycles. The highest BCUT2D eigenvalue weighted by Crippen LogP contribution is 2.52. The van der Waals surface area contributed by atoms with Gasteiger partial charge in [-0.1, -0.05) is 56.5 Å². The van der Waals surface area contributed by atoms with Gasteiger partial charge in [-0.15, -0.1) is 0 Å². The number of hydrogen-bond acceptors (Lipinski definition) is 6. The van der Waals surface area contributed by atoms with Gasteiger partial charge in [-0.05, 0) is 79.8 Å². The number of aliphatic hydroxyl groups excluding tert-OH is 1. The maximum absolute atomic E-state index is 13.8. The van der Waals surface area contributed by atoms with Crippen LogP contribution in [0.3, 0.4) is 0 Å². The molecular formula is C31H38BNO6. The number of carbonyl (C=O) groups is 2. The molecule has 8 heteroatoms. The van der Waals surface area contributed by atoms with E-state index in [1.807, 2.05) is 30.3 Å². The first-order valence-corrected chi connectivity index (χ1v) is 14.2. The summed E-state index contributed by atoms with van der Waals surface area (Å²) in [6, 6.07) is 12.8. The van der Waals surface area contributed by atoms with Gasteiger partial charge in [0.25, 0.3) is 0 Å². The predicted molar refractivity (Wildman–Crippen MR) is 150 cm³/mol. The van der Waals surface area contributed by atoms with Crippen molar-refractivity contribution in [1.29, 1.82) is 0 Å². The smallest absolute Gasteiger partial charge is 0.455 e. The molecule has 5 rings (SSSR count). The zero-order valence-corrected chi connectivity index (χ0v) is 23.0. The fourth-order valence-corrected chi connectivity index (χ4v) is 6.75. The molecule has 1 aromatic heterocycles. The Hall–Kier alpha value is -2.94. The van der Waals surface area contributed by atoms with Gasteiger partial charge in [0.2, 0.25) is 11.8 Å². The van der Waals surface area contributed by atoms with Crippen LogP contribution in [0, 0.1) is 23.7 Å². The van der Waals surface area contributed by atoms with Gasteiger partial charge in [0, 0.05) is 0 Å². The molecule has 206 valence electrons. The summed E-state index contributed by atoms with van der Waals surface area (Å²) in [5.74, 6) is 0.0105. The van der Waals surface area contributed by atoms with Crippen LogP contribution in [0.25, 0.3) is 6.08 Å². The summed E-state index contributed by atoms with van der Waals surface area (Å²) in [5.41, 5.74) is 4.12. The first-order valence-electron chi connectivity index (χ1n) is 14.2. The maximum Gasteiger partial charge on any atom is 0.455 e. The molecule has 2 saturated heterocycles. The highest BCUT2D eigenvalue weighted by Gasteiger charge is 2.57. The number of aliphatic hydroxyl groups is 1. The van der Waals surface area contributed by atoms with Gasteiger partial charge in [0.05, 0.1) is 23.6 Å². The second-order valence-corrected chi connectivity index (χ2v) is 11.3. The molecule has 2 fully saturated rings. The number of fused-ring (bicyclic) bond motifs is 3. The molecule has 39 heavy (non-hydrogen) atoms. The summed E-state index contributed by atoms with van der Waals surface area (Å²) in [6.07, 6.45) is 5.87. The average molecular weight is 531 g/mol. The van der Waals surface area contributed by atoms with Crippen LogP contribution < -0.4 is 4.90 Å². The molecule has 2 aliphatic heterocycles. The fraction of sp³-hybridized carbons (Fsp3) is 0.484. The van der Waals surface area contributed by atoms with Crippen molar-refractivity contribution < 1.29 is 28.8 Å². The lowest BCUT2D eigenvalue weighted by molar-refractivity contribution is -0.122. The molecule has 0 saturated carbocycles. The average Bonchev–Trinajstić information content (AvgIpc) is 3.48. The van der Waals surface area contributed by atoms with Crippen molar-refractivity contribution in [3.63, 3.8) is 0 Å². The van der Waals surface area contributed by atoms with Crippen LogP contribution in [-0.4, -0.2) is 35.2 Å². The van der Waals surface area contributed by atoms with E-state index in [2.05, 4.69) is 20.8 Å². The zero-order chi connectivity index (χ0) is 27.7. The first-order chi connectivity index (χ1) is 18.8. The predicted octanol–water partition coefficient (Wildman–Crippen LogP) is 5.39. The molecule has 3 heterocycles. The monoisotopic (exact) mass is 531 g/mol. The summed E-state index contributed by atoms with van der Waals surface area (Å²) in [7, 11) is -0.986. The lowest BCUT2D eigenvalue weighted by Crippen LogP contribution is -2.46. The summed E-state index contributed by atoms with van der Waals surface area (Å²) in [6.45, 7) is 6.27. The highest BCUT2D eigenvalue weighted by molar-refractivity contribution is 6.43. The molecule has 1 aliphatic carbocycles. The van der Waals surface area contributed by atoms with E-state index in [4.69, 9.17) is 9.07 Å². The minimum absolute atomic E-state index is 0.136. The van der Waals surface area contributed by atoms with Gasteiger partial charge in [0.15, 0.2) is 0 Å². The Kier molecular flexibility index (Phi) is 8.26. The summed E-state index contributed by atoms with van der Waals surface area (Å²) >= 11 is 0. The van der Waals surface area contributed by atoms with Crippen LogP contribution in [0.4, 0.5) is 5.69 Å². The molecule has 2 aromatic rings. The number of hydrogen-bond donors (Lipinski definition) is 2. The van der Waals surface area contributed by atoms with Gasteiger partial charge in [-0.25, -0.2) is 0 Å². The third kappa shape index (κ3) is 5.42. The van der Waals surface area contributed by atoms with E-state index >= 15 is 0 Å². The van der Waals surface area contributed by atoms with E-state index in [9.17, 15) is 19.7 Å². The lowest BCUT2D eigenvalue weighted by Gasteiger charge is -2.44. The molecule has 4 atom stereocenters. The molecule has 2 N–H and O–H groups in total. The molecule has 2 amide bonds. The van der Waals surface area contributed by atoms with E-state index < -0.39 is 19.0 Å². The van der Waals surface area contributed by atoms with Crippen molar-refractivity contribution in [2.24, 2.45) is 23.7 Å². The topological polar surface area (TPSA) is 100 Å². The van der Waals surface area contributed by atoms with Crippen LogP contribution in [0.5, 0.6) is 0 Å². The molecule has 0 spiro atoms. The van der Waals surface area contributed by atoms with Crippen molar-refractivity contribution in [2.75, 3.05) is 4.90 Å². The number of furan rings is 1. The number of imide groups is 1. The minimum Gasteiger partial charge on any atom is -0.459 e. The Morgan fingerprint density at radius 3 is 2.54 bits per heavy atom. The molecule has 0 bridgehead atoms. The Morgan fingerprint density at radius 1 is 1.10 bits per heavy atom. The SMILES string of the molecule is CCC/C(=C\c1ccc(CO)o1)CC[C@H]1OB(O)C[C@H]2C1=C(C(C)C)C[C@H]1C(=O)N(c3ccccc3)C(=O)[C@H]12. The Balaban J connectivity index is 1.44. The fourth-order valence-electron chi connectivity index (χ4n) is 6.75. The number of allylic oxidation sites excluding steroid dienone is 2. The van der Waals surface area contributed by atoms with Gasteiger partial charge in [0.1, 0.15) is 18.1 Å². The number of benzene rings is 1. The normalized spacial score (nSPS) is 25.5. The number of anilines is 1. The zero-order valence-electron chi connectivity index (χ0n) is 23.0. The van der Waals surface area contributed by atoms with Crippen molar-refractivity contribution in [2.45, 2.75) is 71.9 Å². The summed E-state index contributed by atoms with van der Waals surface area (Å²) < 4.78 is 11.9. The molecule has 0 unspecified atom stereocenters. The van der Waals surface area contributed by atoms with Gasteiger partial charge in [-0.2, -0.15) is 0 Å². The van der Waals surface area contributed by atoms with Gasteiger partial charge in [-0.3, -0.25) is 14.5 Å². The second kappa shape index (κ2) is 11.7. The van der Waals surface area contributed by atoms with Crippen LogP contribution in [-0.2, 0) is 20.9 Å². The molecule has 0 radical (unpaired) electrons. The van der Waals surface area contributed by atoms with Crippen molar-refractivity contribution >= 4 is 30.7 Å². The van der Waals surface area contributed by atoms with Gasteiger partial charge < -0.3 is 19.2 Å². The molecular weight excluding hydrogens is 493 g/mol. The summed E-state index contributed by atoms with van der Waals surface area (Å²) in [4.78, 5) is 28.8. The van der Waals surface area contributed by atoms with E-state index in [0.717, 1.165) is 24.8 Å². The third-order valence-corrected chi connectivity index (χ3v) is 8.44. The largest absolute Gasteiger partial charge is 0.459 e. The standard InChI is InChI=1S/C31H38BNO6/c1-4-8-20(15-22-12-13-23(18-34)38-22)11-14-27-28-24(19(2)3)16-25-29(26(28)17-32(37)39-27)31(36)33(30(25)35)21-9-6-5-7-10-21/h5-7,9-10,12-13,15,19,25-27,29,34,37H,4,8,11,14,16-18H2,1-3H3/b20-15+/t25-,26+,27-,29-/m1/s1. The van der Waals surface area contributed by atoms with Crippen LogP contribution >= 0.6 is 0 Å². The third-order valence-electron chi connectivity index (χ3n) is 8.44. The van der Waals surface area contributed by atoms with E-state index in [-0.39, 0.29) is 36.4 Å². The lowest BCUT2D eigenvalue weighted by atomic mass is 9.57. The Bertz CT molecular complexity index is 1260. The van der Waals surface area contributed by atoms with Crippen LogP contribution in [0.2, 0.25) is 6.32 Å². The van der Waals surface area contributed by atoms with Crippen LogP contribution in [0.15, 0.2) is 63.6 Å². The van der Waals surface area contributed by atoms with E-state index in [1.165, 1.54) is 16.0 Å². The second-order valence-electron chi connectivity index (χ2n) is 11.3. The van der Waals surface area contributed by atoms with E-state index in [0.29, 0.717) is 36.4 Å². The minimum atomic E-state index is -0.986. The van der Waals surface area contributed by atoms with Crippen molar-refractivity contribution in [1.82, 2.24) is 0 Å². The number of carbonyl (C=O) groups excluding carboxylic acids is 2. The van der Waals surface area contributed by atoms with Crippen molar-refractivity contribution in [3.05, 3.63) is 70.7 Å². The number of amides is 2. The van der Waals surface area contributed by atoms with E-state index in [1.54, 1.807) is 18.2 Å². The molecule has 7 nitrogen and oxygen atoms in total. The Labute approximate surface area is 230 Å². The maximum atomic E-state index is 13.8. The van der Waals surface area contributed by atoms with Gasteiger partial charge >= 0.3 is 7.12 Å². The van der Waals surface area contributed by atoms with Crippen LogP contribution in [0.1, 0.15) is 64.4 Å². The molecule has 3 aliphatic rings. The number of para-hydroxylation sites is 1. The number of nitrogens with zero attached hydrogens (tertiary/aromatic N) is 1. The van der Waals surface area contributed by atoms with Crippen molar-refractivity contribution in [3.8, 4) is 0 Å².